The molecule has 0 bridgehead atoms. The third-order valence-corrected chi connectivity index (χ3v) is 2.11. The van der Waals surface area contributed by atoms with Crippen LogP contribution in [0.25, 0.3) is 0 Å². The fraction of sp³-hybridized carbons (Fsp3) is 0.0714. The van der Waals surface area contributed by atoms with Crippen molar-refractivity contribution in [1.29, 1.82) is 0 Å². The summed E-state index contributed by atoms with van der Waals surface area (Å²) in [7, 11) is 0. The maximum Gasteiger partial charge on any atom is 0.0211 e. The Labute approximate surface area is 85.2 Å². The van der Waals surface area contributed by atoms with Crippen LogP contribution in [0.1, 0.15) is 11.1 Å². The minimum Gasteiger partial charge on any atom is -0.0622 e. The van der Waals surface area contributed by atoms with Crippen molar-refractivity contribution in [2.75, 3.05) is 0 Å². The highest BCUT2D eigenvalue weighted by Crippen LogP contribution is 2.08. The summed E-state index contributed by atoms with van der Waals surface area (Å²) in [6, 6.07) is 20.6. The average Bonchev–Trinajstić information content (AvgIpc) is 2.29. The fourth-order valence-corrected chi connectivity index (χ4v) is 1.36. The van der Waals surface area contributed by atoms with E-state index >= 15 is 0 Å². The van der Waals surface area contributed by atoms with Crippen molar-refractivity contribution < 1.29 is 0 Å². The first-order valence-corrected chi connectivity index (χ1v) is 4.78. The lowest BCUT2D eigenvalue weighted by atomic mass is 10.0. The first-order valence-electron chi connectivity index (χ1n) is 4.78. The maximum absolute atomic E-state index is 3.36. The van der Waals surface area contributed by atoms with Gasteiger partial charge in [-0.25, -0.2) is 0 Å². The maximum atomic E-state index is 3.36. The number of benzene rings is 2. The monoisotopic (exact) mass is 180 g/mol. The molecule has 14 heavy (non-hydrogen) atoms. The van der Waals surface area contributed by atoms with E-state index in [9.17, 15) is 0 Å². The van der Waals surface area contributed by atoms with E-state index < -0.39 is 0 Å². The molecular formula is C14H12. The number of hydrogen-bond donors (Lipinski definition) is 0. The van der Waals surface area contributed by atoms with Crippen molar-refractivity contribution in [3.05, 3.63) is 78.2 Å². The van der Waals surface area contributed by atoms with E-state index in [0.29, 0.717) is 0 Å². The van der Waals surface area contributed by atoms with Crippen LogP contribution in [0.5, 0.6) is 0 Å². The van der Waals surface area contributed by atoms with Crippen LogP contribution in [-0.2, 0) is 6.42 Å². The largest absolute Gasteiger partial charge is 0.0622 e. The van der Waals surface area contributed by atoms with Crippen LogP contribution in [0.3, 0.4) is 0 Å². The summed E-state index contributed by atoms with van der Waals surface area (Å²) >= 11 is 0. The molecule has 0 N–H and O–H groups in total. The van der Waals surface area contributed by atoms with Gasteiger partial charge in [0.1, 0.15) is 0 Å². The second-order valence-electron chi connectivity index (χ2n) is 3.21. The van der Waals surface area contributed by atoms with E-state index in [4.69, 9.17) is 0 Å². The van der Waals surface area contributed by atoms with Crippen molar-refractivity contribution >= 4 is 0 Å². The van der Waals surface area contributed by atoms with Crippen LogP contribution >= 0.6 is 0 Å². The molecule has 0 aliphatic carbocycles. The molecule has 0 aliphatic heterocycles. The zero-order valence-corrected chi connectivity index (χ0v) is 7.98. The number of hydrogen-bond acceptors (Lipinski definition) is 0. The average molecular weight is 180 g/mol. The molecular weight excluding hydrogens is 168 g/mol. The minimum absolute atomic E-state index is 0.880. The molecule has 0 aromatic heterocycles. The Hall–Kier alpha value is -1.56. The molecule has 2 radical (unpaired) electrons. The van der Waals surface area contributed by atoms with E-state index in [-0.39, 0.29) is 0 Å². The SMILES string of the molecule is [C](Cc1ccccc1)c1ccccc1. The quantitative estimate of drug-likeness (QED) is 0.679. The Kier molecular flexibility index (Phi) is 2.97. The molecule has 0 amide bonds. The molecule has 0 heteroatoms. The van der Waals surface area contributed by atoms with E-state index in [0.717, 1.165) is 12.0 Å². The van der Waals surface area contributed by atoms with Gasteiger partial charge in [-0.3, -0.25) is 0 Å². The molecule has 0 atom stereocenters. The van der Waals surface area contributed by atoms with Crippen LogP contribution in [0.4, 0.5) is 0 Å². The molecule has 0 spiro atoms. The predicted molar refractivity (Wildman–Crippen MR) is 58.9 cm³/mol. The smallest absolute Gasteiger partial charge is 0.0211 e. The zero-order valence-electron chi connectivity index (χ0n) is 7.98. The summed E-state index contributed by atoms with van der Waals surface area (Å²) in [5.41, 5.74) is 2.47. The molecule has 0 aliphatic rings. The van der Waals surface area contributed by atoms with E-state index in [2.05, 4.69) is 42.8 Å². The van der Waals surface area contributed by atoms with E-state index in [1.54, 1.807) is 0 Å². The van der Waals surface area contributed by atoms with Crippen molar-refractivity contribution in [3.63, 3.8) is 0 Å². The minimum atomic E-state index is 0.880. The van der Waals surface area contributed by atoms with Gasteiger partial charge in [0.2, 0.25) is 0 Å². The van der Waals surface area contributed by atoms with Gasteiger partial charge < -0.3 is 0 Å². The molecule has 0 saturated carbocycles. The van der Waals surface area contributed by atoms with Gasteiger partial charge >= 0.3 is 0 Å². The summed E-state index contributed by atoms with van der Waals surface area (Å²) in [4.78, 5) is 0. The van der Waals surface area contributed by atoms with Crippen molar-refractivity contribution in [1.82, 2.24) is 0 Å². The summed E-state index contributed by atoms with van der Waals surface area (Å²) in [6.07, 6.45) is 4.24. The normalized spacial score (nSPS) is 10.0. The number of rotatable bonds is 3. The molecule has 2 rings (SSSR count). The molecule has 0 nitrogen and oxygen atoms in total. The Morgan fingerprint density at radius 1 is 0.714 bits per heavy atom. The highest BCUT2D eigenvalue weighted by atomic mass is 14.0. The Morgan fingerprint density at radius 3 is 1.93 bits per heavy atom. The second kappa shape index (κ2) is 4.61. The van der Waals surface area contributed by atoms with Crippen LogP contribution in [0, 0.1) is 6.42 Å². The molecule has 68 valence electrons. The topological polar surface area (TPSA) is 0 Å². The first-order chi connectivity index (χ1) is 6.95. The van der Waals surface area contributed by atoms with Crippen LogP contribution in [0.15, 0.2) is 60.7 Å². The molecule has 0 fully saturated rings. The van der Waals surface area contributed by atoms with Crippen molar-refractivity contribution in [2.45, 2.75) is 6.42 Å². The lowest BCUT2D eigenvalue weighted by molar-refractivity contribution is 1.17. The van der Waals surface area contributed by atoms with Crippen molar-refractivity contribution in [2.24, 2.45) is 0 Å². The molecule has 0 saturated heterocycles. The lowest BCUT2D eigenvalue weighted by Crippen LogP contribution is -1.87. The van der Waals surface area contributed by atoms with Gasteiger partial charge in [-0.1, -0.05) is 60.7 Å². The summed E-state index contributed by atoms with van der Waals surface area (Å²) < 4.78 is 0. The summed E-state index contributed by atoms with van der Waals surface area (Å²) in [6.45, 7) is 0. The Morgan fingerprint density at radius 2 is 1.29 bits per heavy atom. The van der Waals surface area contributed by atoms with Gasteiger partial charge in [0.25, 0.3) is 0 Å². The Balaban J connectivity index is 1.96. The zero-order chi connectivity index (χ0) is 9.64. The van der Waals surface area contributed by atoms with Gasteiger partial charge in [0.05, 0.1) is 0 Å². The van der Waals surface area contributed by atoms with Gasteiger partial charge in [-0.2, -0.15) is 0 Å². The first kappa shape index (κ1) is 9.01. The van der Waals surface area contributed by atoms with Gasteiger partial charge in [-0.15, -0.1) is 0 Å². The lowest BCUT2D eigenvalue weighted by Gasteiger charge is -1.99. The van der Waals surface area contributed by atoms with Gasteiger partial charge in [0, 0.05) is 6.42 Å². The predicted octanol–water partition coefficient (Wildman–Crippen LogP) is 3.36. The second-order valence-corrected chi connectivity index (χ2v) is 3.21. The van der Waals surface area contributed by atoms with E-state index in [1.165, 1.54) is 5.56 Å². The van der Waals surface area contributed by atoms with Crippen LogP contribution < -0.4 is 0 Å². The van der Waals surface area contributed by atoms with Crippen molar-refractivity contribution in [3.8, 4) is 0 Å². The molecule has 0 unspecified atom stereocenters. The third kappa shape index (κ3) is 2.46. The van der Waals surface area contributed by atoms with Gasteiger partial charge in [0.15, 0.2) is 0 Å². The highest BCUT2D eigenvalue weighted by Gasteiger charge is 1.94. The van der Waals surface area contributed by atoms with Gasteiger partial charge in [-0.05, 0) is 17.5 Å². The summed E-state index contributed by atoms with van der Waals surface area (Å²) in [5.74, 6) is 0. The molecule has 2 aromatic carbocycles. The standard InChI is InChI=1S/C14H12/c1-3-7-13(8-4-1)11-12-14-9-5-2-6-10-14/h1-10H,11H2. The summed E-state index contributed by atoms with van der Waals surface area (Å²) in [5, 5.41) is 0. The van der Waals surface area contributed by atoms with Crippen LogP contribution in [-0.4, -0.2) is 0 Å². The Bertz CT molecular complexity index is 322. The molecule has 2 aromatic rings. The molecule has 0 heterocycles. The van der Waals surface area contributed by atoms with E-state index in [1.807, 2.05) is 24.3 Å². The fourth-order valence-electron chi connectivity index (χ4n) is 1.36. The third-order valence-electron chi connectivity index (χ3n) is 2.11. The highest BCUT2D eigenvalue weighted by molar-refractivity contribution is 5.26. The van der Waals surface area contributed by atoms with Crippen LogP contribution in [0.2, 0.25) is 0 Å².